The van der Waals surface area contributed by atoms with Crippen molar-refractivity contribution in [2.45, 2.75) is 0 Å². The van der Waals surface area contributed by atoms with E-state index in [0.717, 1.165) is 11.6 Å². The average Bonchev–Trinajstić information content (AvgIpc) is 2.60. The lowest BCUT2D eigenvalue weighted by molar-refractivity contribution is -0.384. The molecule has 2 aromatic carbocycles. The molecule has 0 spiro atoms. The van der Waals surface area contributed by atoms with Crippen molar-refractivity contribution in [3.05, 3.63) is 75.3 Å². The molecular weight excluding hydrogens is 348 g/mol. The Bertz CT molecular complexity index is 821. The van der Waals surface area contributed by atoms with Crippen molar-refractivity contribution in [2.75, 3.05) is 11.9 Å². The van der Waals surface area contributed by atoms with E-state index < -0.39 is 23.4 Å². The van der Waals surface area contributed by atoms with Gasteiger partial charge in [-0.1, -0.05) is 41.9 Å². The van der Waals surface area contributed by atoms with E-state index >= 15 is 0 Å². The third-order valence-corrected chi connectivity index (χ3v) is 3.31. The zero-order chi connectivity index (χ0) is 18.2. The van der Waals surface area contributed by atoms with Crippen LogP contribution in [0.25, 0.3) is 6.08 Å². The molecule has 2 rings (SSSR count). The van der Waals surface area contributed by atoms with Crippen molar-refractivity contribution in [2.24, 2.45) is 0 Å². The minimum absolute atomic E-state index is 0.0119. The minimum atomic E-state index is -0.672. The monoisotopic (exact) mass is 360 g/mol. The second-order valence-corrected chi connectivity index (χ2v) is 5.23. The molecule has 0 aliphatic heterocycles. The number of carbonyl (C=O) groups is 2. The number of ether oxygens (including phenoxy) is 1. The first-order valence-corrected chi connectivity index (χ1v) is 7.47. The fourth-order valence-electron chi connectivity index (χ4n) is 1.82. The molecule has 0 aliphatic rings. The highest BCUT2D eigenvalue weighted by Gasteiger charge is 2.12. The number of halogens is 1. The SMILES string of the molecule is O=C(COC(=O)/C=C/c1ccccc1)Nc1ccc([N+](=O)[O-])cc1Cl. The van der Waals surface area contributed by atoms with Crippen molar-refractivity contribution in [3.8, 4) is 0 Å². The van der Waals surface area contributed by atoms with E-state index in [4.69, 9.17) is 16.3 Å². The number of nitro benzene ring substituents is 1. The number of nitrogens with one attached hydrogen (secondary N) is 1. The normalized spacial score (nSPS) is 10.4. The van der Waals surface area contributed by atoms with Gasteiger partial charge in [0.1, 0.15) is 0 Å². The fourth-order valence-corrected chi connectivity index (χ4v) is 2.04. The maximum atomic E-state index is 11.8. The maximum Gasteiger partial charge on any atom is 0.331 e. The summed E-state index contributed by atoms with van der Waals surface area (Å²) >= 11 is 5.86. The highest BCUT2D eigenvalue weighted by molar-refractivity contribution is 6.34. The van der Waals surface area contributed by atoms with Gasteiger partial charge >= 0.3 is 5.97 Å². The molecule has 2 aromatic rings. The van der Waals surface area contributed by atoms with E-state index in [1.165, 1.54) is 18.2 Å². The number of hydrogen-bond donors (Lipinski definition) is 1. The molecule has 7 nitrogen and oxygen atoms in total. The predicted molar refractivity (Wildman–Crippen MR) is 93.2 cm³/mol. The Hall–Kier alpha value is -3.19. The summed E-state index contributed by atoms with van der Waals surface area (Å²) in [6.07, 6.45) is 2.77. The molecule has 0 unspecified atom stereocenters. The number of non-ortho nitro benzene ring substituents is 1. The zero-order valence-corrected chi connectivity index (χ0v) is 13.6. The molecule has 0 bridgehead atoms. The minimum Gasteiger partial charge on any atom is -0.452 e. The van der Waals surface area contributed by atoms with E-state index in [1.54, 1.807) is 6.08 Å². The second kappa shape index (κ2) is 8.60. The molecule has 0 saturated carbocycles. The Morgan fingerprint density at radius 2 is 1.92 bits per heavy atom. The van der Waals surface area contributed by atoms with Gasteiger partial charge in [0.15, 0.2) is 6.61 Å². The molecular formula is C17H13ClN2O5. The number of carbonyl (C=O) groups excluding carboxylic acids is 2. The van der Waals surface area contributed by atoms with Gasteiger partial charge in [-0.05, 0) is 17.7 Å². The van der Waals surface area contributed by atoms with Crippen molar-refractivity contribution in [1.82, 2.24) is 0 Å². The average molecular weight is 361 g/mol. The predicted octanol–water partition coefficient (Wildman–Crippen LogP) is 3.44. The maximum absolute atomic E-state index is 11.8. The molecule has 0 aliphatic carbocycles. The summed E-state index contributed by atoms with van der Waals surface area (Å²) in [5, 5.41) is 13.0. The molecule has 0 saturated heterocycles. The van der Waals surface area contributed by atoms with Crippen LogP contribution in [0.5, 0.6) is 0 Å². The van der Waals surface area contributed by atoms with Gasteiger partial charge in [-0.2, -0.15) is 0 Å². The van der Waals surface area contributed by atoms with Gasteiger partial charge in [0.2, 0.25) is 0 Å². The van der Waals surface area contributed by atoms with Crippen LogP contribution in [0.2, 0.25) is 5.02 Å². The third-order valence-electron chi connectivity index (χ3n) is 2.99. The number of nitro groups is 1. The number of anilines is 1. The number of esters is 1. The van der Waals surface area contributed by atoms with Crippen molar-refractivity contribution in [3.63, 3.8) is 0 Å². The molecule has 0 fully saturated rings. The van der Waals surface area contributed by atoms with E-state index in [2.05, 4.69) is 5.32 Å². The molecule has 1 N–H and O–H groups in total. The van der Waals surface area contributed by atoms with Gasteiger partial charge in [0.25, 0.3) is 11.6 Å². The molecule has 0 heterocycles. The van der Waals surface area contributed by atoms with Crippen LogP contribution in [0.3, 0.4) is 0 Å². The third kappa shape index (κ3) is 5.74. The number of benzene rings is 2. The first-order valence-electron chi connectivity index (χ1n) is 7.09. The summed E-state index contributed by atoms with van der Waals surface area (Å²) in [7, 11) is 0. The Morgan fingerprint density at radius 3 is 2.56 bits per heavy atom. The number of amides is 1. The van der Waals surface area contributed by atoms with Crippen LogP contribution in [-0.2, 0) is 14.3 Å². The van der Waals surface area contributed by atoms with E-state index in [-0.39, 0.29) is 16.4 Å². The van der Waals surface area contributed by atoms with Crippen LogP contribution in [0.1, 0.15) is 5.56 Å². The van der Waals surface area contributed by atoms with Gasteiger partial charge in [0.05, 0.1) is 15.6 Å². The second-order valence-electron chi connectivity index (χ2n) is 4.82. The summed E-state index contributed by atoms with van der Waals surface area (Å²) in [4.78, 5) is 33.4. The van der Waals surface area contributed by atoms with Crippen LogP contribution in [0.15, 0.2) is 54.6 Å². The first kappa shape index (κ1) is 18.2. The number of rotatable bonds is 6. The summed E-state index contributed by atoms with van der Waals surface area (Å²) < 4.78 is 4.81. The zero-order valence-electron chi connectivity index (χ0n) is 12.8. The van der Waals surface area contributed by atoms with Crippen LogP contribution in [0.4, 0.5) is 11.4 Å². The highest BCUT2D eigenvalue weighted by atomic mass is 35.5. The molecule has 8 heteroatoms. The lowest BCUT2D eigenvalue weighted by Crippen LogP contribution is -2.20. The van der Waals surface area contributed by atoms with Gasteiger partial charge in [-0.25, -0.2) is 4.79 Å². The summed E-state index contributed by atoms with van der Waals surface area (Å²) in [6.45, 7) is -0.509. The summed E-state index contributed by atoms with van der Waals surface area (Å²) in [6, 6.07) is 12.7. The van der Waals surface area contributed by atoms with Crippen molar-refractivity contribution >= 4 is 40.9 Å². The largest absolute Gasteiger partial charge is 0.452 e. The van der Waals surface area contributed by atoms with Crippen LogP contribution in [-0.4, -0.2) is 23.4 Å². The molecule has 0 atom stereocenters. The van der Waals surface area contributed by atoms with Crippen LogP contribution < -0.4 is 5.32 Å². The van der Waals surface area contributed by atoms with Gasteiger partial charge in [-0.3, -0.25) is 14.9 Å². The Balaban J connectivity index is 1.85. The van der Waals surface area contributed by atoms with Crippen molar-refractivity contribution < 1.29 is 19.2 Å². The Kier molecular flexibility index (Phi) is 6.25. The van der Waals surface area contributed by atoms with Crippen LogP contribution >= 0.6 is 11.6 Å². The number of nitrogens with zero attached hydrogens (tertiary/aromatic N) is 1. The molecule has 1 amide bonds. The van der Waals surface area contributed by atoms with Crippen molar-refractivity contribution in [1.29, 1.82) is 0 Å². The summed E-state index contributed by atoms with van der Waals surface area (Å²) in [5.41, 5.74) is 0.815. The Labute approximate surface area is 148 Å². The molecule has 0 aromatic heterocycles. The van der Waals surface area contributed by atoms with E-state index in [0.29, 0.717) is 0 Å². The quantitative estimate of drug-likeness (QED) is 0.368. The highest BCUT2D eigenvalue weighted by Crippen LogP contribution is 2.26. The molecule has 128 valence electrons. The van der Waals surface area contributed by atoms with Gasteiger partial charge in [-0.15, -0.1) is 0 Å². The lowest BCUT2D eigenvalue weighted by Gasteiger charge is -2.07. The first-order chi connectivity index (χ1) is 12.0. The smallest absolute Gasteiger partial charge is 0.331 e. The van der Waals surface area contributed by atoms with E-state index in [9.17, 15) is 19.7 Å². The fraction of sp³-hybridized carbons (Fsp3) is 0.0588. The van der Waals surface area contributed by atoms with Gasteiger partial charge in [0, 0.05) is 18.2 Å². The standard InChI is InChI=1S/C17H13ClN2O5/c18-14-10-13(20(23)24)7-8-15(14)19-16(21)11-25-17(22)9-6-12-4-2-1-3-5-12/h1-10H,11H2,(H,19,21)/b9-6+. The Morgan fingerprint density at radius 1 is 1.20 bits per heavy atom. The van der Waals surface area contributed by atoms with Gasteiger partial charge < -0.3 is 10.1 Å². The lowest BCUT2D eigenvalue weighted by atomic mass is 10.2. The van der Waals surface area contributed by atoms with E-state index in [1.807, 2.05) is 30.3 Å². The molecule has 25 heavy (non-hydrogen) atoms. The van der Waals surface area contributed by atoms with Crippen LogP contribution in [0, 0.1) is 10.1 Å². The number of hydrogen-bond acceptors (Lipinski definition) is 5. The summed E-state index contributed by atoms with van der Waals surface area (Å²) in [5.74, 6) is -1.29. The molecule has 0 radical (unpaired) electrons. The topological polar surface area (TPSA) is 98.5 Å².